The molecule has 0 saturated carbocycles. The highest BCUT2D eigenvalue weighted by Crippen LogP contribution is 2.36. The van der Waals surface area contributed by atoms with Gasteiger partial charge in [-0.15, -0.1) is 0 Å². The van der Waals surface area contributed by atoms with E-state index in [1.165, 1.54) is 22.0 Å². The molecule has 0 atom stereocenters. The molecule has 2 aromatic rings. The molecular formula is C21H25N3O5S. The van der Waals surface area contributed by atoms with Gasteiger partial charge in [-0.25, -0.2) is 8.42 Å². The van der Waals surface area contributed by atoms with Crippen molar-refractivity contribution in [1.29, 1.82) is 0 Å². The van der Waals surface area contributed by atoms with Gasteiger partial charge in [0.25, 0.3) is 5.69 Å². The van der Waals surface area contributed by atoms with Crippen LogP contribution in [0, 0.1) is 16.0 Å². The Morgan fingerprint density at radius 1 is 1.10 bits per heavy atom. The lowest BCUT2D eigenvalue weighted by Gasteiger charge is -2.42. The number of rotatable bonds is 7. The van der Waals surface area contributed by atoms with Gasteiger partial charge in [0.05, 0.1) is 17.7 Å². The lowest BCUT2D eigenvalue weighted by Crippen LogP contribution is -2.48. The van der Waals surface area contributed by atoms with Crippen molar-refractivity contribution in [3.63, 3.8) is 0 Å². The van der Waals surface area contributed by atoms with Crippen LogP contribution in [0.4, 0.5) is 11.4 Å². The van der Waals surface area contributed by atoms with Crippen LogP contribution in [0.1, 0.15) is 18.4 Å². The van der Waals surface area contributed by atoms with E-state index in [1.54, 1.807) is 13.2 Å². The molecule has 9 heteroatoms. The van der Waals surface area contributed by atoms with Crippen LogP contribution in [-0.2, 0) is 16.4 Å². The molecule has 0 aliphatic carbocycles. The van der Waals surface area contributed by atoms with Crippen LogP contribution in [0.25, 0.3) is 0 Å². The van der Waals surface area contributed by atoms with Crippen molar-refractivity contribution in [1.82, 2.24) is 4.31 Å². The Bertz CT molecular complexity index is 1030. The molecule has 0 N–H and O–H groups in total. The molecule has 2 aliphatic rings. The van der Waals surface area contributed by atoms with Gasteiger partial charge >= 0.3 is 0 Å². The number of methoxy groups -OCH3 is 1. The maximum absolute atomic E-state index is 13.2. The number of nitrogens with zero attached hydrogens (tertiary/aromatic N) is 3. The minimum atomic E-state index is -3.76. The van der Waals surface area contributed by atoms with Crippen molar-refractivity contribution in [2.24, 2.45) is 5.92 Å². The molecule has 0 bridgehead atoms. The highest BCUT2D eigenvalue weighted by molar-refractivity contribution is 7.89. The van der Waals surface area contributed by atoms with Gasteiger partial charge in [-0.05, 0) is 48.9 Å². The molecule has 0 amide bonds. The minimum absolute atomic E-state index is 0.0431. The average Bonchev–Trinajstić information content (AvgIpc) is 3.26. The first-order valence-corrected chi connectivity index (χ1v) is 11.5. The largest absolute Gasteiger partial charge is 0.497 e. The number of sulfonamides is 1. The Morgan fingerprint density at radius 3 is 2.37 bits per heavy atom. The normalized spacial score (nSPS) is 17.7. The van der Waals surface area contributed by atoms with E-state index in [4.69, 9.17) is 4.74 Å². The summed E-state index contributed by atoms with van der Waals surface area (Å²) >= 11 is 0. The fourth-order valence-electron chi connectivity index (χ4n) is 4.14. The highest BCUT2D eigenvalue weighted by Gasteiger charge is 2.35. The van der Waals surface area contributed by atoms with Crippen LogP contribution in [-0.4, -0.2) is 50.9 Å². The number of nitro benzene ring substituents is 1. The van der Waals surface area contributed by atoms with Crippen molar-refractivity contribution in [2.45, 2.75) is 24.2 Å². The van der Waals surface area contributed by atoms with Crippen molar-refractivity contribution in [3.05, 3.63) is 58.1 Å². The molecule has 30 heavy (non-hydrogen) atoms. The maximum Gasteiger partial charge on any atom is 0.270 e. The van der Waals surface area contributed by atoms with Crippen molar-refractivity contribution in [3.8, 4) is 5.75 Å². The Balaban J connectivity index is 1.53. The molecular weight excluding hydrogens is 406 g/mol. The third-order valence-corrected chi connectivity index (χ3v) is 7.75. The smallest absolute Gasteiger partial charge is 0.270 e. The summed E-state index contributed by atoms with van der Waals surface area (Å²) in [6.07, 6.45) is 2.52. The second-order valence-electron chi connectivity index (χ2n) is 7.84. The van der Waals surface area contributed by atoms with E-state index in [-0.39, 0.29) is 10.6 Å². The number of hydrogen-bond acceptors (Lipinski definition) is 6. The summed E-state index contributed by atoms with van der Waals surface area (Å²) in [5, 5.41) is 11.2. The van der Waals surface area contributed by atoms with Crippen LogP contribution < -0.4 is 9.64 Å². The minimum Gasteiger partial charge on any atom is -0.497 e. The number of benzene rings is 2. The molecule has 2 aromatic carbocycles. The quantitative estimate of drug-likeness (QED) is 0.494. The summed E-state index contributed by atoms with van der Waals surface area (Å²) in [5.74, 6) is 1.22. The summed E-state index contributed by atoms with van der Waals surface area (Å²) in [6, 6.07) is 12.1. The molecule has 8 nitrogen and oxygen atoms in total. The Hall–Kier alpha value is -2.65. The number of hydrogen-bond donors (Lipinski definition) is 0. The maximum atomic E-state index is 13.2. The second-order valence-corrected chi connectivity index (χ2v) is 9.75. The average molecular weight is 432 g/mol. The summed E-state index contributed by atoms with van der Waals surface area (Å²) < 4.78 is 33.0. The third-order valence-electron chi connectivity index (χ3n) is 5.82. The van der Waals surface area contributed by atoms with Gasteiger partial charge in [0, 0.05) is 38.3 Å². The van der Waals surface area contributed by atoms with Crippen LogP contribution >= 0.6 is 0 Å². The zero-order chi connectivity index (χ0) is 21.3. The van der Waals surface area contributed by atoms with Gasteiger partial charge in [0.15, 0.2) is 0 Å². The van der Waals surface area contributed by atoms with E-state index in [0.717, 1.165) is 25.0 Å². The number of ether oxygens (including phenoxy) is 1. The van der Waals surface area contributed by atoms with Crippen LogP contribution in [0.15, 0.2) is 47.4 Å². The molecule has 0 aromatic heterocycles. The molecule has 4 rings (SSSR count). The van der Waals surface area contributed by atoms with E-state index >= 15 is 0 Å². The highest BCUT2D eigenvalue weighted by atomic mass is 32.2. The molecule has 2 heterocycles. The lowest BCUT2D eigenvalue weighted by molar-refractivity contribution is -0.385. The fourth-order valence-corrected chi connectivity index (χ4v) is 5.89. The SMILES string of the molecule is COc1ccc(CC2CN(c3ccc([N+](=O)[O-])cc3S(=O)(=O)N3CCCC3)C2)cc1. The van der Waals surface area contributed by atoms with Gasteiger partial charge < -0.3 is 9.64 Å². The van der Waals surface area contributed by atoms with Crippen molar-refractivity contribution < 1.29 is 18.1 Å². The topological polar surface area (TPSA) is 93.0 Å². The van der Waals surface area contributed by atoms with Gasteiger partial charge in [-0.2, -0.15) is 4.31 Å². The lowest BCUT2D eigenvalue weighted by atomic mass is 9.91. The summed E-state index contributed by atoms with van der Waals surface area (Å²) in [4.78, 5) is 12.7. The zero-order valence-electron chi connectivity index (χ0n) is 16.9. The summed E-state index contributed by atoms with van der Waals surface area (Å²) in [7, 11) is -2.12. The van der Waals surface area contributed by atoms with E-state index in [1.807, 2.05) is 29.2 Å². The Labute approximate surface area is 176 Å². The summed E-state index contributed by atoms with van der Waals surface area (Å²) in [5.41, 5.74) is 1.55. The Morgan fingerprint density at radius 2 is 1.77 bits per heavy atom. The van der Waals surface area contributed by atoms with Crippen molar-refractivity contribution >= 4 is 21.4 Å². The molecule has 160 valence electrons. The summed E-state index contributed by atoms with van der Waals surface area (Å²) in [6.45, 7) is 2.36. The third kappa shape index (κ3) is 3.99. The number of nitro groups is 1. The first-order chi connectivity index (χ1) is 14.4. The van der Waals surface area contributed by atoms with Gasteiger partial charge in [0.1, 0.15) is 10.6 Å². The first-order valence-electron chi connectivity index (χ1n) is 10.0. The molecule has 2 aliphatic heterocycles. The number of anilines is 1. The van der Waals surface area contributed by atoms with Crippen molar-refractivity contribution in [2.75, 3.05) is 38.2 Å². The fraction of sp³-hybridized carbons (Fsp3) is 0.429. The van der Waals surface area contributed by atoms with E-state index in [2.05, 4.69) is 0 Å². The monoisotopic (exact) mass is 431 g/mol. The van der Waals surface area contributed by atoms with Gasteiger partial charge in [-0.1, -0.05) is 12.1 Å². The molecule has 0 spiro atoms. The van der Waals surface area contributed by atoms with Gasteiger partial charge in [0.2, 0.25) is 10.0 Å². The molecule has 0 radical (unpaired) electrons. The van der Waals surface area contributed by atoms with Crippen LogP contribution in [0.2, 0.25) is 0 Å². The van der Waals surface area contributed by atoms with E-state index in [0.29, 0.717) is 37.8 Å². The molecule has 2 fully saturated rings. The molecule has 0 unspecified atom stereocenters. The van der Waals surface area contributed by atoms with Crippen LogP contribution in [0.5, 0.6) is 5.75 Å². The van der Waals surface area contributed by atoms with E-state index in [9.17, 15) is 18.5 Å². The second kappa shape index (κ2) is 8.23. The zero-order valence-corrected chi connectivity index (χ0v) is 17.7. The van der Waals surface area contributed by atoms with E-state index < -0.39 is 14.9 Å². The number of non-ortho nitro benzene ring substituents is 1. The Kier molecular flexibility index (Phi) is 5.66. The predicted octanol–water partition coefficient (Wildman–Crippen LogP) is 3.07. The standard InChI is InChI=1S/C21H25N3O5S/c1-29-19-7-4-16(5-8-19)12-17-14-22(15-17)20-9-6-18(24(25)26)13-21(20)30(27,28)23-10-2-3-11-23/h4-9,13,17H,2-3,10-12,14-15H2,1H3. The van der Waals surface area contributed by atoms with Crippen LogP contribution in [0.3, 0.4) is 0 Å². The molecule has 2 saturated heterocycles. The first kappa shape index (κ1) is 20.6. The predicted molar refractivity (Wildman–Crippen MR) is 113 cm³/mol. The van der Waals surface area contributed by atoms with Gasteiger partial charge in [-0.3, -0.25) is 10.1 Å².